The van der Waals surface area contributed by atoms with Crippen LogP contribution in [-0.2, 0) is 4.79 Å². The van der Waals surface area contributed by atoms with Gasteiger partial charge in [0.15, 0.2) is 0 Å². The molecule has 5 heteroatoms. The molecule has 3 nitrogen and oxygen atoms in total. The molecule has 0 atom stereocenters. The molecule has 0 bridgehead atoms. The van der Waals surface area contributed by atoms with Crippen molar-refractivity contribution in [3.05, 3.63) is 17.5 Å². The summed E-state index contributed by atoms with van der Waals surface area (Å²) in [7, 11) is 0. The highest BCUT2D eigenvalue weighted by Gasteiger charge is 2.17. The highest BCUT2D eigenvalue weighted by molar-refractivity contribution is 7.14. The lowest BCUT2D eigenvalue weighted by Crippen LogP contribution is -2.40. The molecule has 2 rings (SSSR count). The van der Waals surface area contributed by atoms with Gasteiger partial charge in [-0.3, -0.25) is 4.79 Å². The van der Waals surface area contributed by atoms with Crippen LogP contribution in [0.2, 0.25) is 0 Å². The van der Waals surface area contributed by atoms with Gasteiger partial charge < -0.3 is 9.80 Å². The van der Waals surface area contributed by atoms with Gasteiger partial charge in [0.1, 0.15) is 0 Å². The van der Waals surface area contributed by atoms with Crippen LogP contribution in [0.25, 0.3) is 0 Å². The maximum atomic E-state index is 12.0. The van der Waals surface area contributed by atoms with Crippen molar-refractivity contribution in [2.24, 2.45) is 0 Å². The Labute approximate surface area is 126 Å². The Bertz CT molecular complexity index is 364. The molecule has 1 saturated heterocycles. The number of nitrogens with zero attached hydrogens (tertiary/aromatic N) is 2. The molecular formula is C14H23ClN2OS. The van der Waals surface area contributed by atoms with Gasteiger partial charge in [-0.1, -0.05) is 13.3 Å². The van der Waals surface area contributed by atoms with Crippen molar-refractivity contribution in [3.63, 3.8) is 0 Å². The third kappa shape index (κ3) is 4.79. The van der Waals surface area contributed by atoms with Crippen molar-refractivity contribution >= 4 is 34.7 Å². The zero-order valence-corrected chi connectivity index (χ0v) is 13.1. The summed E-state index contributed by atoms with van der Waals surface area (Å²) in [6.07, 6.45) is 4.55. The molecular weight excluding hydrogens is 280 g/mol. The Morgan fingerprint density at radius 3 is 2.68 bits per heavy atom. The van der Waals surface area contributed by atoms with E-state index >= 15 is 0 Å². The van der Waals surface area contributed by atoms with Crippen LogP contribution in [0.4, 0.5) is 5.00 Å². The van der Waals surface area contributed by atoms with E-state index in [1.807, 2.05) is 29.3 Å². The molecule has 0 radical (unpaired) electrons. The van der Waals surface area contributed by atoms with E-state index in [1.165, 1.54) is 32.4 Å². The predicted octanol–water partition coefficient (Wildman–Crippen LogP) is 3.40. The summed E-state index contributed by atoms with van der Waals surface area (Å²) in [4.78, 5) is 16.4. The van der Waals surface area contributed by atoms with Crippen LogP contribution < -0.4 is 4.90 Å². The second-order valence-corrected chi connectivity index (χ2v) is 5.68. The highest BCUT2D eigenvalue weighted by atomic mass is 35.5. The van der Waals surface area contributed by atoms with Crippen LogP contribution >= 0.6 is 23.7 Å². The molecule has 1 aromatic heterocycles. The third-order valence-electron chi connectivity index (χ3n) is 3.46. The van der Waals surface area contributed by atoms with Gasteiger partial charge in [0.25, 0.3) is 0 Å². The molecule has 2 heterocycles. The van der Waals surface area contributed by atoms with Crippen LogP contribution in [0.3, 0.4) is 0 Å². The summed E-state index contributed by atoms with van der Waals surface area (Å²) in [5.74, 6) is 0.231. The van der Waals surface area contributed by atoms with Crippen molar-refractivity contribution in [1.82, 2.24) is 4.90 Å². The molecule has 0 saturated carbocycles. The summed E-state index contributed by atoms with van der Waals surface area (Å²) in [5.41, 5.74) is 0. The lowest BCUT2D eigenvalue weighted by Gasteiger charge is -2.29. The molecule has 1 fully saturated rings. The van der Waals surface area contributed by atoms with Crippen molar-refractivity contribution in [2.45, 2.75) is 32.6 Å². The number of piperidine rings is 1. The summed E-state index contributed by atoms with van der Waals surface area (Å²) in [5, 5.41) is 3.12. The average molecular weight is 303 g/mol. The van der Waals surface area contributed by atoms with Crippen molar-refractivity contribution < 1.29 is 4.79 Å². The zero-order valence-electron chi connectivity index (χ0n) is 11.5. The number of thiophene rings is 1. The van der Waals surface area contributed by atoms with Gasteiger partial charge in [-0.15, -0.1) is 23.7 Å². The fourth-order valence-electron chi connectivity index (χ4n) is 2.40. The zero-order chi connectivity index (χ0) is 12.8. The predicted molar refractivity (Wildman–Crippen MR) is 84.5 cm³/mol. The molecule has 1 aliphatic rings. The molecule has 0 unspecified atom stereocenters. The number of amides is 1. The lowest BCUT2D eigenvalue weighted by molar-refractivity contribution is -0.118. The number of rotatable bonds is 5. The van der Waals surface area contributed by atoms with Crippen LogP contribution in [0.1, 0.15) is 32.6 Å². The number of likely N-dealkylation sites (tertiary alicyclic amines) is 1. The summed E-state index contributed by atoms with van der Waals surface area (Å²) in [6.45, 7) is 6.15. The van der Waals surface area contributed by atoms with Crippen molar-refractivity contribution in [3.8, 4) is 0 Å². The normalized spacial score (nSPS) is 15.8. The second-order valence-electron chi connectivity index (χ2n) is 4.75. The molecule has 108 valence electrons. The topological polar surface area (TPSA) is 23.6 Å². The van der Waals surface area contributed by atoms with E-state index in [0.717, 1.165) is 18.1 Å². The molecule has 19 heavy (non-hydrogen) atoms. The maximum absolute atomic E-state index is 12.0. The van der Waals surface area contributed by atoms with Gasteiger partial charge in [-0.05, 0) is 43.4 Å². The SMILES string of the molecule is CCC(=O)N(CCN1CCCCC1)c1cccs1.Cl. The monoisotopic (exact) mass is 302 g/mol. The lowest BCUT2D eigenvalue weighted by atomic mass is 10.1. The van der Waals surface area contributed by atoms with Crippen molar-refractivity contribution in [2.75, 3.05) is 31.1 Å². The number of carbonyl (C=O) groups excluding carboxylic acids is 1. The van der Waals surface area contributed by atoms with Crippen LogP contribution in [0.5, 0.6) is 0 Å². The first kappa shape index (κ1) is 16.5. The smallest absolute Gasteiger partial charge is 0.227 e. The first-order chi connectivity index (χ1) is 8.81. The number of hydrogen-bond acceptors (Lipinski definition) is 3. The maximum Gasteiger partial charge on any atom is 0.227 e. The van der Waals surface area contributed by atoms with E-state index < -0.39 is 0 Å². The Morgan fingerprint density at radius 1 is 1.37 bits per heavy atom. The number of halogens is 1. The molecule has 1 amide bonds. The number of anilines is 1. The summed E-state index contributed by atoms with van der Waals surface area (Å²) in [6, 6.07) is 4.05. The van der Waals surface area contributed by atoms with E-state index in [9.17, 15) is 4.79 Å². The molecule has 0 aliphatic carbocycles. The Hall–Kier alpha value is -0.580. The Morgan fingerprint density at radius 2 is 2.11 bits per heavy atom. The third-order valence-corrected chi connectivity index (χ3v) is 4.36. The Balaban J connectivity index is 0.00000180. The van der Waals surface area contributed by atoms with Crippen LogP contribution in [0.15, 0.2) is 17.5 Å². The van der Waals surface area contributed by atoms with E-state index in [4.69, 9.17) is 0 Å². The molecule has 0 aromatic carbocycles. The van der Waals surface area contributed by atoms with Gasteiger partial charge in [0.05, 0.1) is 5.00 Å². The summed E-state index contributed by atoms with van der Waals surface area (Å²) < 4.78 is 0. The minimum atomic E-state index is 0. The van der Waals surface area contributed by atoms with Gasteiger partial charge >= 0.3 is 0 Å². The van der Waals surface area contributed by atoms with Gasteiger partial charge in [-0.25, -0.2) is 0 Å². The van der Waals surface area contributed by atoms with E-state index in [1.54, 1.807) is 11.3 Å². The van der Waals surface area contributed by atoms with E-state index in [-0.39, 0.29) is 18.3 Å². The minimum absolute atomic E-state index is 0. The second kappa shape index (κ2) is 8.56. The fraction of sp³-hybridized carbons (Fsp3) is 0.643. The minimum Gasteiger partial charge on any atom is -0.303 e. The average Bonchev–Trinajstić information content (AvgIpc) is 2.94. The van der Waals surface area contributed by atoms with Gasteiger partial charge in [0, 0.05) is 19.5 Å². The first-order valence-corrected chi connectivity index (χ1v) is 7.75. The summed E-state index contributed by atoms with van der Waals surface area (Å²) >= 11 is 1.65. The van der Waals surface area contributed by atoms with Gasteiger partial charge in [0.2, 0.25) is 5.91 Å². The van der Waals surface area contributed by atoms with Gasteiger partial charge in [-0.2, -0.15) is 0 Å². The molecule has 0 N–H and O–H groups in total. The molecule has 1 aromatic rings. The standard InChI is InChI=1S/C14H22N2OS.ClH/c1-2-13(17)16(14-7-6-12-18-14)11-10-15-8-4-3-5-9-15;/h6-7,12H,2-5,8-11H2,1H3;1H. The first-order valence-electron chi connectivity index (χ1n) is 6.87. The fourth-order valence-corrected chi connectivity index (χ4v) is 3.17. The van der Waals surface area contributed by atoms with Crippen LogP contribution in [0, 0.1) is 0 Å². The highest BCUT2D eigenvalue weighted by Crippen LogP contribution is 2.22. The number of carbonyl (C=O) groups is 1. The quantitative estimate of drug-likeness (QED) is 0.832. The van der Waals surface area contributed by atoms with E-state index in [0.29, 0.717) is 6.42 Å². The van der Waals surface area contributed by atoms with Crippen LogP contribution in [-0.4, -0.2) is 37.0 Å². The molecule has 0 spiro atoms. The largest absolute Gasteiger partial charge is 0.303 e. The Kier molecular flexibility index (Phi) is 7.42. The van der Waals surface area contributed by atoms with E-state index in [2.05, 4.69) is 4.90 Å². The molecule has 1 aliphatic heterocycles. The number of hydrogen-bond donors (Lipinski definition) is 0. The van der Waals surface area contributed by atoms with Crippen molar-refractivity contribution in [1.29, 1.82) is 0 Å².